The number of quaternary nitrogens is 1. The molecule has 8 heteroatoms. The summed E-state index contributed by atoms with van der Waals surface area (Å²) >= 11 is 1.75. The average Bonchev–Trinajstić information content (AvgIpc) is 3.14. The molecule has 1 aliphatic rings. The first-order valence-electron chi connectivity index (χ1n) is 9.63. The van der Waals surface area contributed by atoms with E-state index >= 15 is 0 Å². The second-order valence-corrected chi connectivity index (χ2v) is 8.27. The van der Waals surface area contributed by atoms with E-state index in [1.165, 1.54) is 27.9 Å². The summed E-state index contributed by atoms with van der Waals surface area (Å²) < 4.78 is 14.8. The number of hydrogen-bond acceptors (Lipinski definition) is 4. The Morgan fingerprint density at radius 1 is 1.10 bits per heavy atom. The quantitative estimate of drug-likeness (QED) is 0.615. The monoisotopic (exact) mass is 413 g/mol. The number of carbonyl (C=O) groups is 2. The van der Waals surface area contributed by atoms with Crippen LogP contribution in [0.3, 0.4) is 0 Å². The van der Waals surface area contributed by atoms with Crippen molar-refractivity contribution in [3.63, 3.8) is 0 Å². The molecule has 2 aromatic carbocycles. The maximum atomic E-state index is 13.6. The van der Waals surface area contributed by atoms with Gasteiger partial charge in [-0.15, -0.1) is 11.3 Å². The summed E-state index contributed by atoms with van der Waals surface area (Å²) in [5.41, 5.74) is 1.09. The lowest BCUT2D eigenvalue weighted by Gasteiger charge is -2.27. The first-order chi connectivity index (χ1) is 14.1. The summed E-state index contributed by atoms with van der Waals surface area (Å²) in [4.78, 5) is 30.0. The molecule has 6 nitrogen and oxygen atoms in total. The fraction of sp³-hybridized carbons (Fsp3) is 0.286. The zero-order valence-corrected chi connectivity index (χ0v) is 16.6. The van der Waals surface area contributed by atoms with Crippen LogP contribution in [-0.2, 0) is 4.79 Å². The number of fused-ring (bicyclic) bond motifs is 1. The Kier molecular flexibility index (Phi) is 5.82. The minimum absolute atomic E-state index is 0.0433. The molecule has 0 spiro atoms. The van der Waals surface area contributed by atoms with Gasteiger partial charge < -0.3 is 10.2 Å². The van der Waals surface area contributed by atoms with Gasteiger partial charge in [-0.2, -0.15) is 0 Å². The highest BCUT2D eigenvalue weighted by atomic mass is 32.1. The number of rotatable bonds is 4. The molecule has 2 heterocycles. The molecule has 1 aliphatic heterocycles. The van der Waals surface area contributed by atoms with Crippen LogP contribution in [0.1, 0.15) is 23.8 Å². The van der Waals surface area contributed by atoms with Gasteiger partial charge in [0.25, 0.3) is 5.91 Å². The summed E-state index contributed by atoms with van der Waals surface area (Å²) in [6.45, 7) is 1.92. The molecular formula is C21H22FN4O2S+. The molecule has 1 saturated heterocycles. The van der Waals surface area contributed by atoms with Gasteiger partial charge in [0.05, 0.1) is 34.0 Å². The standard InChI is InChI=1S/C21H21FN4O2S/c22-15-5-1-2-6-16(15)24-21(28)25-19(27)13-26-11-9-14(10-12-26)20-23-17-7-3-4-8-18(17)29-20/h1-8,14H,9-13H2,(H2,24,25,27,28)/p+1. The number of likely N-dealkylation sites (tertiary alicyclic amines) is 1. The van der Waals surface area contributed by atoms with Crippen molar-refractivity contribution < 1.29 is 18.9 Å². The molecule has 0 aliphatic carbocycles. The summed E-state index contributed by atoms with van der Waals surface area (Å²) in [5, 5.41) is 5.80. The van der Waals surface area contributed by atoms with Gasteiger partial charge in [0.1, 0.15) is 5.82 Å². The fourth-order valence-corrected chi connectivity index (χ4v) is 4.76. The van der Waals surface area contributed by atoms with Gasteiger partial charge in [-0.25, -0.2) is 14.2 Å². The first-order valence-corrected chi connectivity index (χ1v) is 10.4. The van der Waals surface area contributed by atoms with Gasteiger partial charge >= 0.3 is 6.03 Å². The molecule has 29 heavy (non-hydrogen) atoms. The highest BCUT2D eigenvalue weighted by Crippen LogP contribution is 2.31. The third-order valence-electron chi connectivity index (χ3n) is 5.14. The SMILES string of the molecule is O=C(C[NH+]1CCC(c2nc3ccccc3s2)CC1)NC(=O)Nc1ccccc1F. The fourth-order valence-electron chi connectivity index (χ4n) is 3.63. The van der Waals surface area contributed by atoms with Crippen molar-refractivity contribution in [1.29, 1.82) is 0 Å². The van der Waals surface area contributed by atoms with Crippen molar-refractivity contribution in [1.82, 2.24) is 10.3 Å². The molecule has 3 aromatic rings. The summed E-state index contributed by atoms with van der Waals surface area (Å²) in [6.07, 6.45) is 1.92. The van der Waals surface area contributed by atoms with Crippen molar-refractivity contribution in [3.05, 3.63) is 59.4 Å². The number of amides is 3. The van der Waals surface area contributed by atoms with Crippen molar-refractivity contribution >= 4 is 39.2 Å². The van der Waals surface area contributed by atoms with E-state index in [0.717, 1.165) is 36.3 Å². The number of nitrogens with one attached hydrogen (secondary N) is 3. The van der Waals surface area contributed by atoms with Crippen LogP contribution >= 0.6 is 11.3 Å². The minimum atomic E-state index is -0.719. The van der Waals surface area contributed by atoms with Crippen molar-refractivity contribution in [3.8, 4) is 0 Å². The van der Waals surface area contributed by atoms with Gasteiger partial charge in [0.15, 0.2) is 6.54 Å². The Morgan fingerprint density at radius 3 is 2.59 bits per heavy atom. The third kappa shape index (κ3) is 4.78. The zero-order chi connectivity index (χ0) is 20.2. The Balaban J connectivity index is 1.25. The molecule has 0 bridgehead atoms. The van der Waals surface area contributed by atoms with Gasteiger partial charge in [-0.1, -0.05) is 24.3 Å². The smallest absolute Gasteiger partial charge is 0.326 e. The molecule has 1 fully saturated rings. The normalized spacial score (nSPS) is 19.1. The van der Waals surface area contributed by atoms with Crippen LogP contribution in [0.4, 0.5) is 14.9 Å². The van der Waals surface area contributed by atoms with Crippen LogP contribution in [-0.4, -0.2) is 36.6 Å². The molecule has 0 saturated carbocycles. The van der Waals surface area contributed by atoms with Gasteiger partial charge in [0.2, 0.25) is 0 Å². The van der Waals surface area contributed by atoms with E-state index in [2.05, 4.69) is 16.7 Å². The van der Waals surface area contributed by atoms with Crippen molar-refractivity contribution in [2.45, 2.75) is 18.8 Å². The molecule has 0 atom stereocenters. The largest absolute Gasteiger partial charge is 0.327 e. The van der Waals surface area contributed by atoms with Crippen LogP contribution in [0.5, 0.6) is 0 Å². The highest BCUT2D eigenvalue weighted by molar-refractivity contribution is 7.18. The number of piperidine rings is 1. The van der Waals surface area contributed by atoms with Crippen molar-refractivity contribution in [2.75, 3.05) is 25.0 Å². The lowest BCUT2D eigenvalue weighted by molar-refractivity contribution is -0.897. The van der Waals surface area contributed by atoms with Gasteiger partial charge in [-0.3, -0.25) is 10.1 Å². The predicted octanol–water partition coefficient (Wildman–Crippen LogP) is 2.55. The summed E-state index contributed by atoms with van der Waals surface area (Å²) in [5.74, 6) is -0.492. The number of thiazole rings is 1. The van der Waals surface area contributed by atoms with Crippen LogP contribution in [0, 0.1) is 5.82 Å². The number of hydrogen-bond donors (Lipinski definition) is 3. The number of anilines is 1. The Morgan fingerprint density at radius 2 is 1.83 bits per heavy atom. The first kappa shape index (κ1) is 19.5. The number of nitrogens with zero attached hydrogens (tertiary/aromatic N) is 1. The topological polar surface area (TPSA) is 75.5 Å². The number of imide groups is 1. The molecule has 0 unspecified atom stereocenters. The Labute approximate surface area is 171 Å². The van der Waals surface area contributed by atoms with E-state index in [9.17, 15) is 14.0 Å². The maximum absolute atomic E-state index is 13.6. The second-order valence-electron chi connectivity index (χ2n) is 7.20. The molecule has 4 rings (SSSR count). The molecule has 3 amide bonds. The molecule has 0 radical (unpaired) electrons. The number of urea groups is 1. The van der Waals surface area contributed by atoms with Gasteiger partial charge in [-0.05, 0) is 24.3 Å². The van der Waals surface area contributed by atoms with E-state index in [1.807, 2.05) is 18.2 Å². The molecular weight excluding hydrogens is 391 g/mol. The van der Waals surface area contributed by atoms with Crippen molar-refractivity contribution in [2.24, 2.45) is 0 Å². The highest BCUT2D eigenvalue weighted by Gasteiger charge is 2.27. The maximum Gasteiger partial charge on any atom is 0.326 e. The van der Waals surface area contributed by atoms with Crippen LogP contribution in [0.25, 0.3) is 10.2 Å². The van der Waals surface area contributed by atoms with E-state index < -0.39 is 11.8 Å². The van der Waals surface area contributed by atoms with E-state index in [-0.39, 0.29) is 18.1 Å². The molecule has 1 aromatic heterocycles. The number of aromatic nitrogens is 1. The zero-order valence-electron chi connectivity index (χ0n) is 15.8. The summed E-state index contributed by atoms with van der Waals surface area (Å²) in [7, 11) is 0. The number of carbonyl (C=O) groups excluding carboxylic acids is 2. The van der Waals surface area contributed by atoms with E-state index in [1.54, 1.807) is 17.4 Å². The second kappa shape index (κ2) is 8.67. The van der Waals surface area contributed by atoms with Crippen LogP contribution in [0.2, 0.25) is 0 Å². The predicted molar refractivity (Wildman–Crippen MR) is 111 cm³/mol. The van der Waals surface area contributed by atoms with Crippen LogP contribution in [0.15, 0.2) is 48.5 Å². The Bertz CT molecular complexity index is 997. The van der Waals surface area contributed by atoms with E-state index in [0.29, 0.717) is 5.92 Å². The minimum Gasteiger partial charge on any atom is -0.327 e. The Hall–Kier alpha value is -2.84. The number of para-hydroxylation sites is 2. The van der Waals surface area contributed by atoms with Gasteiger partial charge in [0, 0.05) is 18.8 Å². The van der Waals surface area contributed by atoms with Crippen LogP contribution < -0.4 is 15.5 Å². The molecule has 150 valence electrons. The molecule has 3 N–H and O–H groups in total. The van der Waals surface area contributed by atoms with E-state index in [4.69, 9.17) is 4.98 Å². The summed E-state index contributed by atoms with van der Waals surface area (Å²) in [6, 6.07) is 13.3. The third-order valence-corrected chi connectivity index (χ3v) is 6.34. The lowest BCUT2D eigenvalue weighted by atomic mass is 9.97. The average molecular weight is 413 g/mol. The number of benzene rings is 2. The number of halogens is 1. The lowest BCUT2D eigenvalue weighted by Crippen LogP contribution is -3.14.